The fourth-order valence-electron chi connectivity index (χ4n) is 2.95. The smallest absolute Gasteiger partial charge is 0.130 e. The molecule has 1 saturated heterocycles. The normalized spacial score (nSPS) is 22.9. The standard InChI is InChI=1S/C16H20FN3/c1-10-6-12(9-18-8-10)20-15-7-14(17)11(2)16-13(15)4-3-5-19-16/h3-5,7,10,12,18,20H,6,8-9H2,1-2H3/t10-,12+/m0/s1. The average Bonchev–Trinajstić information content (AvgIpc) is 2.45. The zero-order valence-electron chi connectivity index (χ0n) is 11.9. The van der Waals surface area contributed by atoms with E-state index in [0.717, 1.165) is 36.1 Å². The van der Waals surface area contributed by atoms with Crippen molar-refractivity contribution < 1.29 is 4.39 Å². The zero-order chi connectivity index (χ0) is 14.1. The predicted molar refractivity (Wildman–Crippen MR) is 80.5 cm³/mol. The van der Waals surface area contributed by atoms with Gasteiger partial charge in [-0.1, -0.05) is 6.92 Å². The third kappa shape index (κ3) is 2.48. The first-order valence-electron chi connectivity index (χ1n) is 7.16. The summed E-state index contributed by atoms with van der Waals surface area (Å²) in [7, 11) is 0. The molecule has 0 unspecified atom stereocenters. The van der Waals surface area contributed by atoms with E-state index in [0.29, 0.717) is 17.5 Å². The molecule has 2 atom stereocenters. The lowest BCUT2D eigenvalue weighted by Crippen LogP contribution is -2.42. The Labute approximate surface area is 118 Å². The second-order valence-corrected chi connectivity index (χ2v) is 5.77. The maximum atomic E-state index is 14.0. The van der Waals surface area contributed by atoms with Crippen molar-refractivity contribution in [1.82, 2.24) is 10.3 Å². The minimum Gasteiger partial charge on any atom is -0.380 e. The van der Waals surface area contributed by atoms with Gasteiger partial charge in [0, 0.05) is 35.4 Å². The van der Waals surface area contributed by atoms with Gasteiger partial charge in [-0.25, -0.2) is 4.39 Å². The highest BCUT2D eigenvalue weighted by atomic mass is 19.1. The summed E-state index contributed by atoms with van der Waals surface area (Å²) in [6.45, 7) is 5.99. The molecule has 0 spiro atoms. The molecule has 0 aliphatic carbocycles. The maximum absolute atomic E-state index is 14.0. The number of fused-ring (bicyclic) bond motifs is 1. The van der Waals surface area contributed by atoms with Gasteiger partial charge in [0.2, 0.25) is 0 Å². The molecule has 106 valence electrons. The van der Waals surface area contributed by atoms with Gasteiger partial charge in [0.15, 0.2) is 0 Å². The second kappa shape index (κ2) is 5.37. The summed E-state index contributed by atoms with van der Waals surface area (Å²) in [4.78, 5) is 4.31. The Morgan fingerprint density at radius 3 is 3.05 bits per heavy atom. The third-order valence-electron chi connectivity index (χ3n) is 4.01. The topological polar surface area (TPSA) is 37.0 Å². The van der Waals surface area contributed by atoms with Crippen molar-refractivity contribution in [1.29, 1.82) is 0 Å². The average molecular weight is 273 g/mol. The van der Waals surface area contributed by atoms with Gasteiger partial charge in [0.05, 0.1) is 5.52 Å². The molecule has 1 fully saturated rings. The molecule has 2 heterocycles. The van der Waals surface area contributed by atoms with Crippen LogP contribution in [0.15, 0.2) is 24.4 Å². The number of aromatic nitrogens is 1. The molecule has 3 rings (SSSR count). The van der Waals surface area contributed by atoms with Crippen LogP contribution < -0.4 is 10.6 Å². The molecular weight excluding hydrogens is 253 g/mol. The van der Waals surface area contributed by atoms with Gasteiger partial charge in [0.1, 0.15) is 5.82 Å². The molecule has 0 saturated carbocycles. The summed E-state index contributed by atoms with van der Waals surface area (Å²) in [5, 5.41) is 7.88. The van der Waals surface area contributed by atoms with Crippen LogP contribution in [0.2, 0.25) is 0 Å². The van der Waals surface area contributed by atoms with E-state index < -0.39 is 0 Å². The molecule has 2 aromatic rings. The van der Waals surface area contributed by atoms with Gasteiger partial charge in [-0.15, -0.1) is 0 Å². The number of anilines is 1. The van der Waals surface area contributed by atoms with Gasteiger partial charge in [-0.05, 0) is 44.0 Å². The van der Waals surface area contributed by atoms with Crippen molar-refractivity contribution in [2.24, 2.45) is 5.92 Å². The van der Waals surface area contributed by atoms with Crippen LogP contribution in [0.25, 0.3) is 10.9 Å². The number of aryl methyl sites for hydroxylation is 1. The highest BCUT2D eigenvalue weighted by molar-refractivity contribution is 5.93. The molecule has 3 nitrogen and oxygen atoms in total. The van der Waals surface area contributed by atoms with Gasteiger partial charge in [0.25, 0.3) is 0 Å². The largest absolute Gasteiger partial charge is 0.380 e. The molecule has 0 bridgehead atoms. The number of nitrogens with zero attached hydrogens (tertiary/aromatic N) is 1. The first-order valence-corrected chi connectivity index (χ1v) is 7.16. The number of nitrogens with one attached hydrogen (secondary N) is 2. The van der Waals surface area contributed by atoms with E-state index in [1.807, 2.05) is 12.1 Å². The minimum atomic E-state index is -0.199. The number of rotatable bonds is 2. The Hall–Kier alpha value is -1.68. The van der Waals surface area contributed by atoms with E-state index in [1.54, 1.807) is 19.2 Å². The lowest BCUT2D eigenvalue weighted by Gasteiger charge is -2.29. The maximum Gasteiger partial charge on any atom is 0.130 e. The fourth-order valence-corrected chi connectivity index (χ4v) is 2.95. The summed E-state index contributed by atoms with van der Waals surface area (Å²) in [6, 6.07) is 5.83. The number of halogens is 1. The molecule has 4 heteroatoms. The van der Waals surface area contributed by atoms with Crippen LogP contribution in [0.3, 0.4) is 0 Å². The fraction of sp³-hybridized carbons (Fsp3) is 0.438. The minimum absolute atomic E-state index is 0.199. The molecule has 0 radical (unpaired) electrons. The van der Waals surface area contributed by atoms with Crippen LogP contribution in [0, 0.1) is 18.7 Å². The molecule has 1 aliphatic rings. The van der Waals surface area contributed by atoms with Crippen molar-refractivity contribution in [3.8, 4) is 0 Å². The lowest BCUT2D eigenvalue weighted by molar-refractivity contribution is 0.378. The van der Waals surface area contributed by atoms with E-state index in [-0.39, 0.29) is 5.82 Å². The highest BCUT2D eigenvalue weighted by Gasteiger charge is 2.19. The van der Waals surface area contributed by atoms with Crippen molar-refractivity contribution >= 4 is 16.6 Å². The summed E-state index contributed by atoms with van der Waals surface area (Å²) in [5.41, 5.74) is 2.20. The number of piperidine rings is 1. The lowest BCUT2D eigenvalue weighted by atomic mass is 9.97. The summed E-state index contributed by atoms with van der Waals surface area (Å²) in [5.74, 6) is 0.441. The highest BCUT2D eigenvalue weighted by Crippen LogP contribution is 2.28. The van der Waals surface area contributed by atoms with E-state index in [4.69, 9.17) is 0 Å². The van der Waals surface area contributed by atoms with Crippen LogP contribution in [0.4, 0.5) is 10.1 Å². The van der Waals surface area contributed by atoms with E-state index in [2.05, 4.69) is 22.5 Å². The van der Waals surface area contributed by atoms with Gasteiger partial charge >= 0.3 is 0 Å². The van der Waals surface area contributed by atoms with Gasteiger partial charge in [-0.3, -0.25) is 4.98 Å². The first kappa shape index (κ1) is 13.3. The van der Waals surface area contributed by atoms with Crippen molar-refractivity contribution in [3.05, 3.63) is 35.8 Å². The van der Waals surface area contributed by atoms with Crippen LogP contribution in [-0.4, -0.2) is 24.1 Å². The summed E-state index contributed by atoms with van der Waals surface area (Å²) in [6.07, 6.45) is 2.81. The molecule has 2 N–H and O–H groups in total. The van der Waals surface area contributed by atoms with Crippen molar-refractivity contribution in [2.75, 3.05) is 18.4 Å². The molecule has 1 aromatic carbocycles. The van der Waals surface area contributed by atoms with Crippen molar-refractivity contribution in [3.63, 3.8) is 0 Å². The summed E-state index contributed by atoms with van der Waals surface area (Å²) < 4.78 is 14.0. The van der Waals surface area contributed by atoms with Gasteiger partial charge < -0.3 is 10.6 Å². The first-order chi connectivity index (χ1) is 9.65. The SMILES string of the molecule is Cc1c(F)cc(N[C@H]2CNC[C@@H](C)C2)c2cccnc12. The van der Waals surface area contributed by atoms with Crippen LogP contribution in [0.1, 0.15) is 18.9 Å². The van der Waals surface area contributed by atoms with E-state index in [1.165, 1.54) is 0 Å². The number of hydrogen-bond donors (Lipinski definition) is 2. The Kier molecular flexibility index (Phi) is 3.57. The Morgan fingerprint density at radius 2 is 2.25 bits per heavy atom. The molecular formula is C16H20FN3. The Bertz CT molecular complexity index is 626. The number of pyridine rings is 1. The van der Waals surface area contributed by atoms with Crippen LogP contribution in [0.5, 0.6) is 0 Å². The zero-order valence-corrected chi connectivity index (χ0v) is 11.9. The summed E-state index contributed by atoms with van der Waals surface area (Å²) >= 11 is 0. The van der Waals surface area contributed by atoms with Crippen molar-refractivity contribution in [2.45, 2.75) is 26.3 Å². The van der Waals surface area contributed by atoms with Crippen LogP contribution >= 0.6 is 0 Å². The monoisotopic (exact) mass is 273 g/mol. The Balaban J connectivity index is 1.97. The van der Waals surface area contributed by atoms with E-state index in [9.17, 15) is 4.39 Å². The third-order valence-corrected chi connectivity index (χ3v) is 4.01. The Morgan fingerprint density at radius 1 is 1.40 bits per heavy atom. The molecule has 1 aliphatic heterocycles. The molecule has 1 aromatic heterocycles. The van der Waals surface area contributed by atoms with E-state index >= 15 is 0 Å². The molecule has 20 heavy (non-hydrogen) atoms. The predicted octanol–water partition coefficient (Wildman–Crippen LogP) is 3.09. The number of hydrogen-bond acceptors (Lipinski definition) is 3. The van der Waals surface area contributed by atoms with Gasteiger partial charge in [-0.2, -0.15) is 0 Å². The second-order valence-electron chi connectivity index (χ2n) is 5.77. The van der Waals surface area contributed by atoms with Crippen LogP contribution in [-0.2, 0) is 0 Å². The molecule has 0 amide bonds. The number of benzene rings is 1. The quantitative estimate of drug-likeness (QED) is 0.883.